The van der Waals surface area contributed by atoms with Crippen LogP contribution >= 0.6 is 11.6 Å². The van der Waals surface area contributed by atoms with Crippen molar-refractivity contribution in [2.75, 3.05) is 51.2 Å². The molecule has 116 valence electrons. The van der Waals surface area contributed by atoms with Crippen LogP contribution in [0.1, 0.15) is 6.92 Å². The number of nitrogens with one attached hydrogen (secondary N) is 1. The number of amides is 1. The van der Waals surface area contributed by atoms with E-state index in [1.54, 1.807) is 12.1 Å². The van der Waals surface area contributed by atoms with Gasteiger partial charge in [0, 0.05) is 38.4 Å². The molecule has 0 aliphatic carbocycles. The number of rotatable bonds is 6. The molecule has 0 radical (unpaired) electrons. The van der Waals surface area contributed by atoms with Crippen molar-refractivity contribution in [1.82, 2.24) is 9.80 Å². The number of ether oxygens (including phenoxy) is 1. The van der Waals surface area contributed by atoms with Gasteiger partial charge in [-0.3, -0.25) is 9.69 Å². The molecule has 0 aromatic heterocycles. The van der Waals surface area contributed by atoms with Gasteiger partial charge in [-0.05, 0) is 42.4 Å². The second-order valence-corrected chi connectivity index (χ2v) is 5.39. The van der Waals surface area contributed by atoms with Crippen LogP contribution in [0.2, 0.25) is 0 Å². The summed E-state index contributed by atoms with van der Waals surface area (Å²) in [6, 6.07) is 7.21. The average Bonchev–Trinajstić information content (AvgIpc) is 2.49. The molecule has 0 bridgehead atoms. The van der Waals surface area contributed by atoms with E-state index in [1.807, 2.05) is 12.1 Å². The minimum atomic E-state index is -0.588. The summed E-state index contributed by atoms with van der Waals surface area (Å²) in [6.45, 7) is 9.46. The highest BCUT2D eigenvalue weighted by molar-refractivity contribution is 6.65. The fourth-order valence-electron chi connectivity index (χ4n) is 2.37. The molecule has 0 atom stereocenters. The first-order chi connectivity index (χ1) is 10.2. The predicted octanol–water partition coefficient (Wildman–Crippen LogP) is 2.47. The molecule has 1 amide bonds. The van der Waals surface area contributed by atoms with Gasteiger partial charge in [0.2, 0.25) is 0 Å². The molecule has 1 aliphatic heterocycles. The Morgan fingerprint density at radius 1 is 1.19 bits per heavy atom. The maximum absolute atomic E-state index is 10.7. The lowest BCUT2D eigenvalue weighted by Crippen LogP contribution is -2.47. The second kappa shape index (κ2) is 8.22. The van der Waals surface area contributed by atoms with Crippen molar-refractivity contribution in [2.45, 2.75) is 6.92 Å². The molecule has 5 nitrogen and oxygen atoms in total. The van der Waals surface area contributed by atoms with Crippen molar-refractivity contribution < 1.29 is 9.53 Å². The number of anilines is 1. The normalized spacial score (nSPS) is 16.7. The second-order valence-electron chi connectivity index (χ2n) is 5.05. The average molecular weight is 312 g/mol. The Bertz CT molecular complexity index is 445. The Morgan fingerprint density at radius 3 is 2.38 bits per heavy atom. The maximum atomic E-state index is 10.7. The first-order valence-corrected chi connectivity index (χ1v) is 7.69. The lowest BCUT2D eigenvalue weighted by molar-refractivity contribution is 0.121. The van der Waals surface area contributed by atoms with Gasteiger partial charge in [0.05, 0.1) is 0 Å². The standard InChI is InChI=1S/C15H22ClN3O2/c1-2-18-7-9-19(10-8-18)11-12-21-14-5-3-13(4-6-14)17-15(16)20/h3-6H,2,7-12H2,1H3,(H,17,20). The molecule has 1 heterocycles. The molecule has 6 heteroatoms. The van der Waals surface area contributed by atoms with Gasteiger partial charge in [-0.15, -0.1) is 0 Å². The number of nitrogens with zero attached hydrogens (tertiary/aromatic N) is 2. The molecule has 21 heavy (non-hydrogen) atoms. The summed E-state index contributed by atoms with van der Waals surface area (Å²) in [4.78, 5) is 15.6. The summed E-state index contributed by atoms with van der Waals surface area (Å²) in [7, 11) is 0. The minimum Gasteiger partial charge on any atom is -0.492 e. The van der Waals surface area contributed by atoms with E-state index in [9.17, 15) is 4.79 Å². The first kappa shape index (κ1) is 16.1. The fraction of sp³-hybridized carbons (Fsp3) is 0.533. The molecule has 1 aliphatic rings. The number of halogens is 1. The van der Waals surface area contributed by atoms with Gasteiger partial charge in [0.25, 0.3) is 0 Å². The molecular weight excluding hydrogens is 290 g/mol. The Kier molecular flexibility index (Phi) is 6.29. The molecular formula is C15H22ClN3O2. The lowest BCUT2D eigenvalue weighted by Gasteiger charge is -2.33. The van der Waals surface area contributed by atoms with Crippen molar-refractivity contribution in [2.24, 2.45) is 0 Å². The van der Waals surface area contributed by atoms with E-state index >= 15 is 0 Å². The monoisotopic (exact) mass is 311 g/mol. The maximum Gasteiger partial charge on any atom is 0.318 e. The van der Waals surface area contributed by atoms with Crippen molar-refractivity contribution in [1.29, 1.82) is 0 Å². The Morgan fingerprint density at radius 2 is 1.81 bits per heavy atom. The highest BCUT2D eigenvalue weighted by atomic mass is 35.5. The molecule has 1 aromatic carbocycles. The zero-order valence-electron chi connectivity index (χ0n) is 12.3. The number of hydrogen-bond donors (Lipinski definition) is 1. The Balaban J connectivity index is 1.68. The molecule has 0 unspecified atom stereocenters. The zero-order chi connectivity index (χ0) is 15.1. The number of piperazine rings is 1. The van der Waals surface area contributed by atoms with Crippen molar-refractivity contribution in [3.05, 3.63) is 24.3 Å². The molecule has 1 aromatic rings. The topological polar surface area (TPSA) is 44.8 Å². The molecule has 1 fully saturated rings. The number of hydrogen-bond acceptors (Lipinski definition) is 4. The van der Waals surface area contributed by atoms with Crippen LogP contribution in [0.4, 0.5) is 10.5 Å². The van der Waals surface area contributed by atoms with Gasteiger partial charge in [-0.25, -0.2) is 0 Å². The van der Waals surface area contributed by atoms with E-state index in [-0.39, 0.29) is 0 Å². The van der Waals surface area contributed by atoms with Gasteiger partial charge in [0.1, 0.15) is 12.4 Å². The van der Waals surface area contributed by atoms with E-state index in [2.05, 4.69) is 22.0 Å². The lowest BCUT2D eigenvalue weighted by atomic mass is 10.3. The quantitative estimate of drug-likeness (QED) is 0.647. The minimum absolute atomic E-state index is 0.588. The van der Waals surface area contributed by atoms with Crippen LogP contribution in [0.25, 0.3) is 0 Å². The molecule has 1 N–H and O–H groups in total. The summed E-state index contributed by atoms with van der Waals surface area (Å²) >= 11 is 5.25. The van der Waals surface area contributed by atoms with E-state index in [1.165, 1.54) is 0 Å². The largest absolute Gasteiger partial charge is 0.492 e. The summed E-state index contributed by atoms with van der Waals surface area (Å²) in [6.07, 6.45) is 0. The number of likely N-dealkylation sites (N-methyl/N-ethyl adjacent to an activating group) is 1. The summed E-state index contributed by atoms with van der Waals surface area (Å²) in [5, 5.41) is 1.92. The molecule has 1 saturated heterocycles. The number of benzene rings is 1. The van der Waals surface area contributed by atoms with Gasteiger partial charge < -0.3 is 15.0 Å². The van der Waals surface area contributed by atoms with Crippen molar-refractivity contribution in [3.63, 3.8) is 0 Å². The molecule has 0 saturated carbocycles. The molecule has 0 spiro atoms. The van der Waals surface area contributed by atoms with Crippen LogP contribution in [0.3, 0.4) is 0 Å². The van der Waals surface area contributed by atoms with Crippen molar-refractivity contribution >= 4 is 22.7 Å². The SMILES string of the molecule is CCN1CCN(CCOc2ccc(NC(=O)Cl)cc2)CC1. The third-order valence-corrected chi connectivity index (χ3v) is 3.78. The van der Waals surface area contributed by atoms with Crippen LogP contribution in [-0.2, 0) is 0 Å². The van der Waals surface area contributed by atoms with E-state index < -0.39 is 5.37 Å². The van der Waals surface area contributed by atoms with Crippen LogP contribution < -0.4 is 10.1 Å². The highest BCUT2D eigenvalue weighted by Gasteiger charge is 2.14. The van der Waals surface area contributed by atoms with E-state index in [0.29, 0.717) is 12.3 Å². The summed E-state index contributed by atoms with van der Waals surface area (Å²) in [5.74, 6) is 0.801. The zero-order valence-corrected chi connectivity index (χ0v) is 13.1. The predicted molar refractivity (Wildman–Crippen MR) is 85.4 cm³/mol. The van der Waals surface area contributed by atoms with Crippen LogP contribution in [0, 0.1) is 0 Å². The van der Waals surface area contributed by atoms with Gasteiger partial charge >= 0.3 is 5.37 Å². The highest BCUT2D eigenvalue weighted by Crippen LogP contribution is 2.16. The van der Waals surface area contributed by atoms with Gasteiger partial charge in [0.15, 0.2) is 0 Å². The van der Waals surface area contributed by atoms with Gasteiger partial charge in [-0.2, -0.15) is 0 Å². The first-order valence-electron chi connectivity index (χ1n) is 7.31. The third kappa shape index (κ3) is 5.53. The Hall–Kier alpha value is -1.30. The Labute approximate surface area is 130 Å². The van der Waals surface area contributed by atoms with E-state index in [0.717, 1.165) is 45.0 Å². The van der Waals surface area contributed by atoms with Gasteiger partial charge in [-0.1, -0.05) is 6.92 Å². The number of carbonyl (C=O) groups excluding carboxylic acids is 1. The number of carbonyl (C=O) groups is 1. The van der Waals surface area contributed by atoms with Crippen molar-refractivity contribution in [3.8, 4) is 5.75 Å². The third-order valence-electron chi connectivity index (χ3n) is 3.69. The summed E-state index contributed by atoms with van der Waals surface area (Å²) < 4.78 is 5.72. The van der Waals surface area contributed by atoms with Crippen LogP contribution in [0.5, 0.6) is 5.75 Å². The van der Waals surface area contributed by atoms with Crippen LogP contribution in [0.15, 0.2) is 24.3 Å². The molecule has 2 rings (SSSR count). The fourth-order valence-corrected chi connectivity index (χ4v) is 2.48. The van der Waals surface area contributed by atoms with E-state index in [4.69, 9.17) is 16.3 Å². The van der Waals surface area contributed by atoms with Crippen LogP contribution in [-0.4, -0.2) is 61.0 Å². The smallest absolute Gasteiger partial charge is 0.318 e. The summed E-state index contributed by atoms with van der Waals surface area (Å²) in [5.41, 5.74) is 0.665.